The molecule has 1 atom stereocenters. The SMILES string of the molecule is CCOc1ccc(C)cc1C(Br)c1ccc(Br)cc1Cl. The molecule has 0 N–H and O–H groups in total. The van der Waals surface area contributed by atoms with Gasteiger partial charge in [0.2, 0.25) is 0 Å². The molecule has 2 rings (SSSR count). The molecule has 1 unspecified atom stereocenters. The normalized spacial score (nSPS) is 12.2. The molecule has 0 radical (unpaired) electrons. The molecule has 0 heterocycles. The highest BCUT2D eigenvalue weighted by Gasteiger charge is 2.18. The highest BCUT2D eigenvalue weighted by Crippen LogP contribution is 2.40. The van der Waals surface area contributed by atoms with Gasteiger partial charge in [0, 0.05) is 15.1 Å². The van der Waals surface area contributed by atoms with Gasteiger partial charge in [0.25, 0.3) is 0 Å². The van der Waals surface area contributed by atoms with Gasteiger partial charge in [-0.05, 0) is 37.6 Å². The summed E-state index contributed by atoms with van der Waals surface area (Å²) in [5, 5.41) is 0.727. The van der Waals surface area contributed by atoms with E-state index in [0.717, 1.165) is 26.4 Å². The van der Waals surface area contributed by atoms with Crippen molar-refractivity contribution >= 4 is 43.5 Å². The standard InChI is InChI=1S/C16H15Br2ClO/c1-3-20-15-7-4-10(2)8-13(15)16(18)12-6-5-11(17)9-14(12)19/h4-9,16H,3H2,1-2H3. The average Bonchev–Trinajstić information content (AvgIpc) is 2.40. The molecule has 0 aliphatic carbocycles. The largest absolute Gasteiger partial charge is 0.494 e. The van der Waals surface area contributed by atoms with Crippen molar-refractivity contribution in [3.63, 3.8) is 0 Å². The van der Waals surface area contributed by atoms with Crippen molar-refractivity contribution in [2.24, 2.45) is 0 Å². The van der Waals surface area contributed by atoms with Crippen molar-refractivity contribution in [1.82, 2.24) is 0 Å². The Bertz CT molecular complexity index is 613. The van der Waals surface area contributed by atoms with Gasteiger partial charge in [0.05, 0.1) is 11.4 Å². The van der Waals surface area contributed by atoms with E-state index in [-0.39, 0.29) is 4.83 Å². The second-order valence-corrected chi connectivity index (χ2v) is 6.74. The fourth-order valence-electron chi connectivity index (χ4n) is 2.03. The zero-order chi connectivity index (χ0) is 14.7. The van der Waals surface area contributed by atoms with E-state index in [0.29, 0.717) is 6.61 Å². The summed E-state index contributed by atoms with van der Waals surface area (Å²) in [5.74, 6) is 0.888. The molecule has 106 valence electrons. The molecule has 0 aliphatic heterocycles. The molecule has 2 aromatic carbocycles. The van der Waals surface area contributed by atoms with Crippen molar-refractivity contribution in [2.45, 2.75) is 18.7 Å². The van der Waals surface area contributed by atoms with Crippen molar-refractivity contribution in [1.29, 1.82) is 0 Å². The van der Waals surface area contributed by atoms with E-state index in [2.05, 4.69) is 50.9 Å². The third-order valence-electron chi connectivity index (χ3n) is 2.97. The number of hydrogen-bond acceptors (Lipinski definition) is 1. The van der Waals surface area contributed by atoms with E-state index < -0.39 is 0 Å². The summed E-state index contributed by atoms with van der Waals surface area (Å²) in [4.78, 5) is 0.00421. The van der Waals surface area contributed by atoms with Crippen molar-refractivity contribution in [3.05, 3.63) is 62.6 Å². The first-order chi connectivity index (χ1) is 9.52. The molecule has 0 aliphatic rings. The fourth-order valence-corrected chi connectivity index (χ4v) is 3.70. The van der Waals surface area contributed by atoms with Crippen LogP contribution in [-0.2, 0) is 0 Å². The van der Waals surface area contributed by atoms with Crippen LogP contribution in [0.3, 0.4) is 0 Å². The summed E-state index contributed by atoms with van der Waals surface area (Å²) in [7, 11) is 0. The second-order valence-electron chi connectivity index (χ2n) is 4.50. The minimum absolute atomic E-state index is 0.00421. The first kappa shape index (κ1) is 15.9. The van der Waals surface area contributed by atoms with Crippen LogP contribution in [0, 0.1) is 6.92 Å². The molecule has 0 saturated heterocycles. The lowest BCUT2D eigenvalue weighted by Gasteiger charge is -2.17. The molecule has 0 aromatic heterocycles. The maximum atomic E-state index is 6.34. The Hall–Kier alpha value is -0.510. The van der Waals surface area contributed by atoms with Gasteiger partial charge in [-0.1, -0.05) is 67.2 Å². The lowest BCUT2D eigenvalue weighted by Crippen LogP contribution is -2.01. The van der Waals surface area contributed by atoms with E-state index >= 15 is 0 Å². The molecule has 0 saturated carbocycles. The average molecular weight is 419 g/mol. The van der Waals surface area contributed by atoms with Gasteiger partial charge >= 0.3 is 0 Å². The summed E-state index contributed by atoms with van der Waals surface area (Å²) >= 11 is 13.5. The predicted octanol–water partition coefficient (Wildman–Crippen LogP) is 6.29. The molecular formula is C16H15Br2ClO. The first-order valence-electron chi connectivity index (χ1n) is 6.35. The Morgan fingerprint density at radius 2 is 1.90 bits per heavy atom. The fraction of sp³-hybridized carbons (Fsp3) is 0.250. The van der Waals surface area contributed by atoms with Crippen molar-refractivity contribution in [3.8, 4) is 5.75 Å². The number of alkyl halides is 1. The lowest BCUT2D eigenvalue weighted by atomic mass is 10.0. The summed E-state index contributed by atoms with van der Waals surface area (Å²) in [6, 6.07) is 12.1. The minimum Gasteiger partial charge on any atom is -0.494 e. The summed E-state index contributed by atoms with van der Waals surface area (Å²) in [5.41, 5.74) is 3.32. The minimum atomic E-state index is 0.00421. The van der Waals surface area contributed by atoms with Gasteiger partial charge in [-0.25, -0.2) is 0 Å². The van der Waals surface area contributed by atoms with E-state index in [1.165, 1.54) is 5.56 Å². The number of hydrogen-bond donors (Lipinski definition) is 0. The van der Waals surface area contributed by atoms with Crippen LogP contribution >= 0.6 is 43.5 Å². The number of halogens is 3. The molecule has 1 nitrogen and oxygen atoms in total. The molecular weight excluding hydrogens is 403 g/mol. The van der Waals surface area contributed by atoms with Crippen LogP contribution < -0.4 is 4.74 Å². The Labute approximate surface area is 141 Å². The van der Waals surface area contributed by atoms with Crippen LogP contribution in [0.1, 0.15) is 28.4 Å². The first-order valence-corrected chi connectivity index (χ1v) is 8.44. The van der Waals surface area contributed by atoms with Gasteiger partial charge < -0.3 is 4.74 Å². The Balaban J connectivity index is 2.46. The summed E-state index contributed by atoms with van der Waals surface area (Å²) in [6.45, 7) is 4.70. The van der Waals surface area contributed by atoms with Gasteiger partial charge in [-0.3, -0.25) is 0 Å². The van der Waals surface area contributed by atoms with Crippen molar-refractivity contribution in [2.75, 3.05) is 6.61 Å². The molecule has 4 heteroatoms. The van der Waals surface area contributed by atoms with E-state index in [1.54, 1.807) is 0 Å². The summed E-state index contributed by atoms with van der Waals surface area (Å²) in [6.07, 6.45) is 0. The Kier molecular flexibility index (Phi) is 5.53. The number of rotatable bonds is 4. The van der Waals surface area contributed by atoms with Crippen LogP contribution in [0.5, 0.6) is 5.75 Å². The molecule has 20 heavy (non-hydrogen) atoms. The molecule has 0 bridgehead atoms. The van der Waals surface area contributed by atoms with Crippen LogP contribution in [0.25, 0.3) is 0 Å². The van der Waals surface area contributed by atoms with E-state index in [1.807, 2.05) is 31.2 Å². The zero-order valence-corrected chi connectivity index (χ0v) is 15.2. The third-order valence-corrected chi connectivity index (χ3v) is 4.78. The highest BCUT2D eigenvalue weighted by molar-refractivity contribution is 9.10. The lowest BCUT2D eigenvalue weighted by molar-refractivity contribution is 0.337. The number of benzene rings is 2. The smallest absolute Gasteiger partial charge is 0.123 e. The van der Waals surface area contributed by atoms with Gasteiger partial charge in [0.1, 0.15) is 5.75 Å². The van der Waals surface area contributed by atoms with Gasteiger partial charge in [-0.15, -0.1) is 0 Å². The quantitative estimate of drug-likeness (QED) is 0.530. The monoisotopic (exact) mass is 416 g/mol. The molecule has 0 fully saturated rings. The van der Waals surface area contributed by atoms with Crippen molar-refractivity contribution < 1.29 is 4.74 Å². The summed E-state index contributed by atoms with van der Waals surface area (Å²) < 4.78 is 6.69. The maximum Gasteiger partial charge on any atom is 0.123 e. The highest BCUT2D eigenvalue weighted by atomic mass is 79.9. The zero-order valence-electron chi connectivity index (χ0n) is 11.3. The van der Waals surface area contributed by atoms with Crippen LogP contribution in [-0.4, -0.2) is 6.61 Å². The number of aryl methyl sites for hydroxylation is 1. The van der Waals surface area contributed by atoms with Gasteiger partial charge in [0.15, 0.2) is 0 Å². The van der Waals surface area contributed by atoms with E-state index in [9.17, 15) is 0 Å². The van der Waals surface area contributed by atoms with Crippen LogP contribution in [0.4, 0.5) is 0 Å². The number of ether oxygens (including phenoxy) is 1. The molecule has 0 amide bonds. The second kappa shape index (κ2) is 6.97. The maximum absolute atomic E-state index is 6.34. The Morgan fingerprint density at radius 3 is 2.55 bits per heavy atom. The van der Waals surface area contributed by atoms with Gasteiger partial charge in [-0.2, -0.15) is 0 Å². The molecule has 0 spiro atoms. The van der Waals surface area contributed by atoms with Crippen LogP contribution in [0.15, 0.2) is 40.9 Å². The van der Waals surface area contributed by atoms with E-state index in [4.69, 9.17) is 16.3 Å². The topological polar surface area (TPSA) is 9.23 Å². The third kappa shape index (κ3) is 3.57. The predicted molar refractivity (Wildman–Crippen MR) is 92.3 cm³/mol. The Morgan fingerprint density at radius 1 is 1.15 bits per heavy atom. The molecule has 2 aromatic rings. The van der Waals surface area contributed by atoms with Crippen LogP contribution in [0.2, 0.25) is 5.02 Å².